The van der Waals surface area contributed by atoms with Crippen molar-refractivity contribution < 1.29 is 13.2 Å². The largest absolute Gasteiger partial charge is 0.418 e. The second kappa shape index (κ2) is 4.48. The molecule has 5 nitrogen and oxygen atoms in total. The number of nitrogens with zero attached hydrogens (tertiary/aromatic N) is 4. The van der Waals surface area contributed by atoms with Crippen LogP contribution in [0.4, 0.5) is 18.9 Å². The predicted octanol–water partition coefficient (Wildman–Crippen LogP) is 1.96. The summed E-state index contributed by atoms with van der Waals surface area (Å²) >= 11 is 1.03. The van der Waals surface area contributed by atoms with Gasteiger partial charge in [-0.25, -0.2) is 4.68 Å². The molecule has 0 aliphatic carbocycles. The number of halogens is 3. The average molecular weight is 275 g/mol. The summed E-state index contributed by atoms with van der Waals surface area (Å²) in [6.07, 6.45) is -4.47. The number of nitrogen functional groups attached to an aromatic ring is 1. The van der Waals surface area contributed by atoms with Crippen LogP contribution in [-0.4, -0.2) is 20.2 Å². The van der Waals surface area contributed by atoms with E-state index in [2.05, 4.69) is 15.5 Å². The van der Waals surface area contributed by atoms with E-state index < -0.39 is 11.7 Å². The number of tetrazole rings is 1. The van der Waals surface area contributed by atoms with Crippen LogP contribution in [0.25, 0.3) is 0 Å². The first-order valence-electron chi connectivity index (χ1n) is 4.75. The molecule has 2 rings (SSSR count). The molecule has 1 heterocycles. The maximum atomic E-state index is 12.7. The molecule has 0 spiro atoms. The van der Waals surface area contributed by atoms with Crippen molar-refractivity contribution >= 4 is 17.4 Å². The Morgan fingerprint density at radius 2 is 2.06 bits per heavy atom. The van der Waals surface area contributed by atoms with Gasteiger partial charge < -0.3 is 5.73 Å². The molecule has 0 amide bonds. The molecule has 96 valence electrons. The summed E-state index contributed by atoms with van der Waals surface area (Å²) in [5, 5.41) is 11.1. The lowest BCUT2D eigenvalue weighted by Gasteiger charge is -2.11. The molecule has 0 atom stereocenters. The van der Waals surface area contributed by atoms with E-state index in [-0.39, 0.29) is 5.69 Å². The lowest BCUT2D eigenvalue weighted by molar-refractivity contribution is -0.137. The van der Waals surface area contributed by atoms with Crippen LogP contribution in [-0.2, 0) is 13.2 Å². The van der Waals surface area contributed by atoms with E-state index in [4.69, 9.17) is 5.73 Å². The van der Waals surface area contributed by atoms with Gasteiger partial charge in [-0.2, -0.15) is 13.2 Å². The minimum absolute atomic E-state index is 0.303. The highest BCUT2D eigenvalue weighted by atomic mass is 32.2. The van der Waals surface area contributed by atoms with E-state index in [1.807, 2.05) is 0 Å². The van der Waals surface area contributed by atoms with Crippen LogP contribution in [0.15, 0.2) is 28.3 Å². The highest BCUT2D eigenvalue weighted by molar-refractivity contribution is 7.99. The van der Waals surface area contributed by atoms with Crippen molar-refractivity contribution in [2.45, 2.75) is 16.2 Å². The normalized spacial score (nSPS) is 11.8. The topological polar surface area (TPSA) is 69.6 Å². The zero-order chi connectivity index (χ0) is 13.3. The summed E-state index contributed by atoms with van der Waals surface area (Å²) in [7, 11) is 1.60. The number of hydrogen-bond acceptors (Lipinski definition) is 5. The number of rotatable bonds is 2. The molecule has 1 aromatic carbocycles. The number of benzene rings is 1. The third kappa shape index (κ3) is 2.55. The Bertz CT molecular complexity index is 566. The Hall–Kier alpha value is -1.77. The molecule has 0 aliphatic heterocycles. The van der Waals surface area contributed by atoms with Crippen LogP contribution in [0.3, 0.4) is 0 Å². The molecule has 0 bridgehead atoms. The first kappa shape index (κ1) is 12.7. The lowest BCUT2D eigenvalue weighted by Crippen LogP contribution is -2.08. The number of hydrogen-bond donors (Lipinski definition) is 1. The molecule has 9 heteroatoms. The minimum Gasteiger partial charge on any atom is -0.398 e. The van der Waals surface area contributed by atoms with Gasteiger partial charge in [-0.3, -0.25) is 0 Å². The standard InChI is InChI=1S/C9H8F3N5S/c1-17-8(14-15-16-17)18-5-2-3-7(13)6(4-5)9(10,11)12/h2-4H,13H2,1H3. The molecule has 0 unspecified atom stereocenters. The van der Waals surface area contributed by atoms with Gasteiger partial charge in [0, 0.05) is 17.6 Å². The fourth-order valence-corrected chi connectivity index (χ4v) is 2.03. The molecule has 0 saturated heterocycles. The fourth-order valence-electron chi connectivity index (χ4n) is 1.26. The van der Waals surface area contributed by atoms with Gasteiger partial charge in [-0.1, -0.05) is 0 Å². The van der Waals surface area contributed by atoms with E-state index in [1.165, 1.54) is 16.8 Å². The van der Waals surface area contributed by atoms with Crippen molar-refractivity contribution in [3.05, 3.63) is 23.8 Å². The quantitative estimate of drug-likeness (QED) is 0.848. The summed E-state index contributed by atoms with van der Waals surface area (Å²) in [4.78, 5) is 0.370. The van der Waals surface area contributed by atoms with Crippen LogP contribution in [0.1, 0.15) is 5.56 Å². The van der Waals surface area contributed by atoms with Crippen LogP contribution in [0, 0.1) is 0 Å². The Morgan fingerprint density at radius 3 is 2.61 bits per heavy atom. The van der Waals surface area contributed by atoms with Crippen LogP contribution >= 0.6 is 11.8 Å². The number of aromatic nitrogens is 4. The molecule has 0 aliphatic rings. The summed E-state index contributed by atoms with van der Waals surface area (Å²) in [5.74, 6) is 0. The minimum atomic E-state index is -4.47. The molecule has 2 N–H and O–H groups in total. The van der Waals surface area contributed by atoms with Gasteiger partial charge in [0.1, 0.15) is 0 Å². The third-order valence-corrected chi connectivity index (χ3v) is 3.14. The highest BCUT2D eigenvalue weighted by Crippen LogP contribution is 2.37. The monoisotopic (exact) mass is 275 g/mol. The highest BCUT2D eigenvalue weighted by Gasteiger charge is 2.33. The summed E-state index contributed by atoms with van der Waals surface area (Å²) in [5.41, 5.74) is 4.14. The third-order valence-electron chi connectivity index (χ3n) is 2.12. The van der Waals surface area contributed by atoms with E-state index in [1.54, 1.807) is 7.05 Å². The Kier molecular flexibility index (Phi) is 3.16. The molecular weight excluding hydrogens is 267 g/mol. The average Bonchev–Trinajstić information content (AvgIpc) is 2.66. The lowest BCUT2D eigenvalue weighted by atomic mass is 10.2. The Balaban J connectivity index is 2.33. The van der Waals surface area contributed by atoms with Crippen molar-refractivity contribution in [3.63, 3.8) is 0 Å². The first-order chi connectivity index (χ1) is 8.38. The second-order valence-electron chi connectivity index (χ2n) is 3.43. The van der Waals surface area contributed by atoms with Crippen molar-refractivity contribution in [1.29, 1.82) is 0 Å². The molecular formula is C9H8F3N5S. The Morgan fingerprint density at radius 1 is 1.33 bits per heavy atom. The van der Waals surface area contributed by atoms with Crippen LogP contribution in [0.2, 0.25) is 0 Å². The van der Waals surface area contributed by atoms with E-state index in [9.17, 15) is 13.2 Å². The first-order valence-corrected chi connectivity index (χ1v) is 5.56. The van der Waals surface area contributed by atoms with E-state index >= 15 is 0 Å². The molecule has 1 aromatic heterocycles. The maximum Gasteiger partial charge on any atom is 0.418 e. The van der Waals surface area contributed by atoms with Crippen molar-refractivity contribution in [2.24, 2.45) is 7.05 Å². The van der Waals surface area contributed by atoms with Gasteiger partial charge in [-0.05, 0) is 40.4 Å². The van der Waals surface area contributed by atoms with Gasteiger partial charge in [0.25, 0.3) is 0 Å². The molecule has 0 radical (unpaired) electrons. The SMILES string of the molecule is Cn1nnnc1Sc1ccc(N)c(C(F)(F)F)c1. The van der Waals surface area contributed by atoms with Gasteiger partial charge in [-0.15, -0.1) is 5.10 Å². The van der Waals surface area contributed by atoms with E-state index in [0.29, 0.717) is 10.1 Å². The molecule has 2 aromatic rings. The van der Waals surface area contributed by atoms with Crippen LogP contribution in [0.5, 0.6) is 0 Å². The number of nitrogens with two attached hydrogens (primary N) is 1. The van der Waals surface area contributed by atoms with Crippen LogP contribution < -0.4 is 5.73 Å². The fraction of sp³-hybridized carbons (Fsp3) is 0.222. The Labute approximate surface area is 104 Å². The van der Waals surface area contributed by atoms with E-state index in [0.717, 1.165) is 17.8 Å². The van der Waals surface area contributed by atoms with Crippen molar-refractivity contribution in [1.82, 2.24) is 20.2 Å². The number of anilines is 1. The predicted molar refractivity (Wildman–Crippen MR) is 58.8 cm³/mol. The maximum absolute atomic E-state index is 12.7. The number of alkyl halides is 3. The smallest absolute Gasteiger partial charge is 0.398 e. The molecule has 0 fully saturated rings. The summed E-state index contributed by atoms with van der Waals surface area (Å²) < 4.78 is 39.3. The summed E-state index contributed by atoms with van der Waals surface area (Å²) in [6.45, 7) is 0. The zero-order valence-corrected chi connectivity index (χ0v) is 9.96. The molecule has 0 saturated carbocycles. The second-order valence-corrected chi connectivity index (χ2v) is 4.47. The zero-order valence-electron chi connectivity index (χ0n) is 9.14. The summed E-state index contributed by atoms with van der Waals surface area (Å²) in [6, 6.07) is 3.69. The molecule has 18 heavy (non-hydrogen) atoms. The van der Waals surface area contributed by atoms with Gasteiger partial charge in [0.2, 0.25) is 5.16 Å². The van der Waals surface area contributed by atoms with Gasteiger partial charge >= 0.3 is 6.18 Å². The van der Waals surface area contributed by atoms with Crippen molar-refractivity contribution in [3.8, 4) is 0 Å². The van der Waals surface area contributed by atoms with Gasteiger partial charge in [0.05, 0.1) is 5.56 Å². The van der Waals surface area contributed by atoms with Gasteiger partial charge in [0.15, 0.2) is 0 Å². The van der Waals surface area contributed by atoms with Crippen molar-refractivity contribution in [2.75, 3.05) is 5.73 Å². The number of aryl methyl sites for hydroxylation is 1.